The number of likely N-dealkylation sites (tertiary alicyclic amines) is 1. The zero-order valence-corrected chi connectivity index (χ0v) is 19.0. The van der Waals surface area contributed by atoms with Crippen LogP contribution in [-0.4, -0.2) is 47.6 Å². The number of aromatic nitrogens is 6. The molecule has 0 saturated carbocycles. The molecule has 0 aliphatic carbocycles. The molecule has 1 fully saturated rings. The van der Waals surface area contributed by atoms with Gasteiger partial charge in [-0.1, -0.05) is 11.3 Å². The van der Waals surface area contributed by atoms with Crippen LogP contribution >= 0.6 is 0 Å². The van der Waals surface area contributed by atoms with Gasteiger partial charge in [0, 0.05) is 31.0 Å². The molecule has 170 valence electrons. The Kier molecular flexibility index (Phi) is 5.56. The molecule has 0 amide bonds. The zero-order valence-electron chi connectivity index (χ0n) is 19.0. The van der Waals surface area contributed by atoms with E-state index in [0.29, 0.717) is 16.8 Å². The molecule has 10 heteroatoms. The molecule has 0 N–H and O–H groups in total. The average molecular weight is 454 g/mol. The second-order valence-electron chi connectivity index (χ2n) is 8.36. The van der Waals surface area contributed by atoms with Crippen molar-refractivity contribution < 1.29 is 4.74 Å². The molecule has 1 aliphatic rings. The van der Waals surface area contributed by atoms with E-state index in [2.05, 4.69) is 32.7 Å². The number of nitriles is 2. The number of nitrogens with zero attached hydrogens (tertiary/aromatic N) is 9. The SMILES string of the molecule is Cc1c(-c2cc(O[C@H](C)c3ccccn3)c3c(C#N)cnn3c2)nnn1C1CCN(C#N)CC1. The Labute approximate surface area is 196 Å². The zero-order chi connectivity index (χ0) is 23.7. The molecular weight excluding hydrogens is 430 g/mol. The van der Waals surface area contributed by atoms with Crippen LogP contribution in [0.5, 0.6) is 5.75 Å². The van der Waals surface area contributed by atoms with E-state index in [9.17, 15) is 5.26 Å². The number of hydrogen-bond donors (Lipinski definition) is 0. The van der Waals surface area contributed by atoms with E-state index < -0.39 is 0 Å². The highest BCUT2D eigenvalue weighted by molar-refractivity contribution is 5.74. The van der Waals surface area contributed by atoms with E-state index in [0.717, 1.165) is 48.6 Å². The normalized spacial score (nSPS) is 15.1. The number of pyridine rings is 2. The van der Waals surface area contributed by atoms with Crippen LogP contribution in [0.4, 0.5) is 0 Å². The number of rotatable bonds is 5. The molecule has 0 unspecified atom stereocenters. The van der Waals surface area contributed by atoms with E-state index in [1.54, 1.807) is 15.6 Å². The van der Waals surface area contributed by atoms with Crippen LogP contribution in [0.2, 0.25) is 0 Å². The fourth-order valence-electron chi connectivity index (χ4n) is 4.42. The quantitative estimate of drug-likeness (QED) is 0.421. The molecular formula is C24H23N9O. The fourth-order valence-corrected chi connectivity index (χ4v) is 4.42. The van der Waals surface area contributed by atoms with Crippen molar-refractivity contribution in [2.75, 3.05) is 13.1 Å². The van der Waals surface area contributed by atoms with Crippen molar-refractivity contribution in [3.05, 3.63) is 59.8 Å². The number of piperidine rings is 1. The van der Waals surface area contributed by atoms with E-state index in [1.165, 1.54) is 6.20 Å². The van der Waals surface area contributed by atoms with E-state index in [4.69, 9.17) is 10.00 Å². The van der Waals surface area contributed by atoms with Crippen LogP contribution < -0.4 is 4.74 Å². The predicted octanol–water partition coefficient (Wildman–Crippen LogP) is 3.43. The lowest BCUT2D eigenvalue weighted by molar-refractivity contribution is 0.224. The smallest absolute Gasteiger partial charge is 0.179 e. The lowest BCUT2D eigenvalue weighted by Crippen LogP contribution is -2.31. The van der Waals surface area contributed by atoms with Gasteiger partial charge in [0.15, 0.2) is 6.19 Å². The largest absolute Gasteiger partial charge is 0.482 e. The molecule has 1 aliphatic heterocycles. The first-order valence-electron chi connectivity index (χ1n) is 11.1. The summed E-state index contributed by atoms with van der Waals surface area (Å²) in [4.78, 5) is 6.16. The Hall–Kier alpha value is -4.44. The second-order valence-corrected chi connectivity index (χ2v) is 8.36. The van der Waals surface area contributed by atoms with Gasteiger partial charge in [0.1, 0.15) is 34.7 Å². The van der Waals surface area contributed by atoms with Crippen molar-refractivity contribution in [2.24, 2.45) is 0 Å². The lowest BCUT2D eigenvalue weighted by atomic mass is 10.0. The summed E-state index contributed by atoms with van der Waals surface area (Å²) < 4.78 is 9.90. The van der Waals surface area contributed by atoms with Crippen molar-refractivity contribution in [2.45, 2.75) is 38.8 Å². The maximum atomic E-state index is 9.59. The third-order valence-electron chi connectivity index (χ3n) is 6.26. The van der Waals surface area contributed by atoms with Gasteiger partial charge in [-0.2, -0.15) is 15.6 Å². The maximum Gasteiger partial charge on any atom is 0.179 e. The molecule has 0 radical (unpaired) electrons. The third-order valence-corrected chi connectivity index (χ3v) is 6.26. The summed E-state index contributed by atoms with van der Waals surface area (Å²) in [6, 6.07) is 9.95. The van der Waals surface area contributed by atoms with Crippen LogP contribution in [-0.2, 0) is 0 Å². The molecule has 1 atom stereocenters. The van der Waals surface area contributed by atoms with E-state index >= 15 is 0 Å². The van der Waals surface area contributed by atoms with Gasteiger partial charge < -0.3 is 9.64 Å². The highest BCUT2D eigenvalue weighted by Gasteiger charge is 2.25. The Morgan fingerprint density at radius 1 is 1.21 bits per heavy atom. The summed E-state index contributed by atoms with van der Waals surface area (Å²) in [7, 11) is 0. The topological polar surface area (TPSA) is 121 Å². The fraction of sp³-hybridized carbons (Fsp3) is 0.333. The highest BCUT2D eigenvalue weighted by Crippen LogP contribution is 2.34. The third kappa shape index (κ3) is 3.80. The average Bonchev–Trinajstić information content (AvgIpc) is 3.48. The second kappa shape index (κ2) is 8.83. The van der Waals surface area contributed by atoms with E-state index in [-0.39, 0.29) is 12.1 Å². The molecule has 0 bridgehead atoms. The van der Waals surface area contributed by atoms with Crippen molar-refractivity contribution in [3.8, 4) is 29.3 Å². The Morgan fingerprint density at radius 3 is 2.74 bits per heavy atom. The van der Waals surface area contributed by atoms with Crippen LogP contribution in [0.3, 0.4) is 0 Å². The molecule has 34 heavy (non-hydrogen) atoms. The molecule has 0 aromatic carbocycles. The molecule has 4 aromatic rings. The molecule has 4 aromatic heterocycles. The van der Waals surface area contributed by atoms with Crippen LogP contribution in [0.15, 0.2) is 42.9 Å². The van der Waals surface area contributed by atoms with Gasteiger partial charge in [-0.05, 0) is 44.9 Å². The minimum absolute atomic E-state index is 0.198. The van der Waals surface area contributed by atoms with Gasteiger partial charge in [0.05, 0.1) is 23.6 Å². The van der Waals surface area contributed by atoms with Gasteiger partial charge in [-0.3, -0.25) is 4.98 Å². The minimum atomic E-state index is -0.330. The Bertz CT molecular complexity index is 1400. The standard InChI is InChI=1S/C24H23N9O/c1-16-23(29-30-33(16)20-6-9-31(15-26)10-7-20)18-11-22(24-19(12-25)13-28-32(24)14-18)34-17(2)21-5-3-4-8-27-21/h3-5,8,11,13-14,17,20H,6-7,9-10H2,1-2H3/t17-/m1/s1. The van der Waals surface area contributed by atoms with Gasteiger partial charge in [0.2, 0.25) is 0 Å². The van der Waals surface area contributed by atoms with Gasteiger partial charge in [-0.25, -0.2) is 9.20 Å². The summed E-state index contributed by atoms with van der Waals surface area (Å²) in [5, 5.41) is 32.0. The summed E-state index contributed by atoms with van der Waals surface area (Å²) >= 11 is 0. The summed E-state index contributed by atoms with van der Waals surface area (Å²) in [6.07, 6.45) is 8.67. The van der Waals surface area contributed by atoms with Crippen molar-refractivity contribution >= 4 is 5.52 Å². The number of hydrogen-bond acceptors (Lipinski definition) is 8. The molecule has 0 spiro atoms. The number of fused-ring (bicyclic) bond motifs is 1. The lowest BCUT2D eigenvalue weighted by Gasteiger charge is -2.28. The first-order valence-corrected chi connectivity index (χ1v) is 11.1. The first kappa shape index (κ1) is 21.4. The molecule has 1 saturated heterocycles. The highest BCUT2D eigenvalue weighted by atomic mass is 16.5. The van der Waals surface area contributed by atoms with Crippen LogP contribution in [0.25, 0.3) is 16.8 Å². The van der Waals surface area contributed by atoms with Crippen molar-refractivity contribution in [1.82, 2.24) is 34.5 Å². The van der Waals surface area contributed by atoms with Gasteiger partial charge in [0.25, 0.3) is 0 Å². The minimum Gasteiger partial charge on any atom is -0.482 e. The first-order chi connectivity index (χ1) is 16.6. The summed E-state index contributed by atoms with van der Waals surface area (Å²) in [6.45, 7) is 5.35. The van der Waals surface area contributed by atoms with Crippen LogP contribution in [0, 0.1) is 29.7 Å². The van der Waals surface area contributed by atoms with Gasteiger partial charge >= 0.3 is 0 Å². The van der Waals surface area contributed by atoms with Crippen LogP contribution in [0.1, 0.15) is 48.9 Å². The predicted molar refractivity (Wildman–Crippen MR) is 122 cm³/mol. The molecule has 5 heterocycles. The molecule has 5 rings (SSSR count). The van der Waals surface area contributed by atoms with Crippen molar-refractivity contribution in [1.29, 1.82) is 10.5 Å². The van der Waals surface area contributed by atoms with Gasteiger partial charge in [-0.15, -0.1) is 5.10 Å². The Morgan fingerprint density at radius 2 is 2.03 bits per heavy atom. The number of ether oxygens (including phenoxy) is 1. The molecule has 10 nitrogen and oxygen atoms in total. The maximum absolute atomic E-state index is 9.59. The Balaban J connectivity index is 1.52. The van der Waals surface area contributed by atoms with Crippen molar-refractivity contribution in [3.63, 3.8) is 0 Å². The monoisotopic (exact) mass is 453 g/mol. The van der Waals surface area contributed by atoms with E-state index in [1.807, 2.05) is 49.0 Å². The summed E-state index contributed by atoms with van der Waals surface area (Å²) in [5.41, 5.74) is 4.28. The summed E-state index contributed by atoms with van der Waals surface area (Å²) in [5.74, 6) is 0.529.